The molecule has 0 aromatic rings. The van der Waals surface area contributed by atoms with Gasteiger partial charge in [-0.15, -0.1) is 11.6 Å². The van der Waals surface area contributed by atoms with Crippen LogP contribution in [0.4, 0.5) is 0 Å². The summed E-state index contributed by atoms with van der Waals surface area (Å²) in [5.74, 6) is 1.43. The fraction of sp³-hybridized carbons (Fsp3) is 0.857. The average molecular weight is 368 g/mol. The van der Waals surface area contributed by atoms with Gasteiger partial charge in [0.1, 0.15) is 0 Å². The molecule has 3 aliphatic rings. The van der Waals surface area contributed by atoms with Gasteiger partial charge in [-0.3, -0.25) is 4.79 Å². The van der Waals surface area contributed by atoms with Crippen molar-refractivity contribution in [2.75, 3.05) is 0 Å². The van der Waals surface area contributed by atoms with Crippen molar-refractivity contribution in [1.29, 1.82) is 0 Å². The first-order valence-corrected chi connectivity index (χ1v) is 10.3. The predicted octanol–water partition coefficient (Wildman–Crippen LogP) is 4.83. The Bertz CT molecular complexity index is 560. The summed E-state index contributed by atoms with van der Waals surface area (Å²) in [4.78, 5) is 11.2. The number of fused-ring (bicyclic) bond motifs is 1. The molecule has 0 aromatic carbocycles. The summed E-state index contributed by atoms with van der Waals surface area (Å²) in [6.07, 6.45) is 9.79. The van der Waals surface area contributed by atoms with E-state index in [0.29, 0.717) is 17.8 Å². The largest absolute Gasteiger partial charge is 0.368 e. The first-order chi connectivity index (χ1) is 11.6. The van der Waals surface area contributed by atoms with Gasteiger partial charge in [-0.25, -0.2) is 0 Å². The number of hydrogen-bond acceptors (Lipinski definition) is 2. The summed E-state index contributed by atoms with van der Waals surface area (Å²) >= 11 is 6.54. The summed E-state index contributed by atoms with van der Waals surface area (Å²) < 4.78 is 6.67. The lowest BCUT2D eigenvalue weighted by molar-refractivity contribution is -0.205. The maximum atomic E-state index is 11.2. The number of alkyl halides is 1. The summed E-state index contributed by atoms with van der Waals surface area (Å²) in [6.45, 7) is 11.0. The fourth-order valence-electron chi connectivity index (χ4n) is 5.84. The van der Waals surface area contributed by atoms with Crippen molar-refractivity contribution in [3.63, 3.8) is 0 Å². The van der Waals surface area contributed by atoms with Crippen LogP contribution in [0.3, 0.4) is 0 Å². The Hall–Kier alpha value is -0.540. The van der Waals surface area contributed by atoms with E-state index in [0.717, 1.165) is 44.9 Å². The highest BCUT2D eigenvalue weighted by Crippen LogP contribution is 2.54. The Kier molecular flexibility index (Phi) is 5.05. The number of carbonyl (C=O) groups excluding carboxylic acids is 1. The van der Waals surface area contributed by atoms with Crippen LogP contribution in [0.2, 0.25) is 0 Å². The van der Waals surface area contributed by atoms with Gasteiger partial charge >= 0.3 is 0 Å². The third-order valence-electron chi connectivity index (χ3n) is 7.37. The fourth-order valence-corrected chi connectivity index (χ4v) is 5.99. The molecule has 0 bridgehead atoms. The highest BCUT2D eigenvalue weighted by Gasteiger charge is 2.55. The van der Waals surface area contributed by atoms with Crippen LogP contribution in [0, 0.1) is 17.8 Å². The van der Waals surface area contributed by atoms with Crippen LogP contribution in [-0.4, -0.2) is 28.5 Å². The van der Waals surface area contributed by atoms with E-state index in [2.05, 4.69) is 46.0 Å². The Morgan fingerprint density at radius 1 is 1.16 bits per heavy atom. The monoisotopic (exact) mass is 367 g/mol. The minimum atomic E-state index is -0.292. The van der Waals surface area contributed by atoms with Crippen molar-refractivity contribution < 1.29 is 9.53 Å². The third kappa shape index (κ3) is 3.39. The van der Waals surface area contributed by atoms with E-state index in [9.17, 15) is 4.79 Å². The van der Waals surface area contributed by atoms with Crippen LogP contribution in [0.1, 0.15) is 73.1 Å². The topological polar surface area (TPSA) is 38.3 Å². The number of allylic oxidation sites excluding steroid dienone is 2. The molecule has 1 aliphatic heterocycles. The van der Waals surface area contributed by atoms with Gasteiger partial charge in [0.2, 0.25) is 6.41 Å². The zero-order chi connectivity index (χ0) is 18.5. The molecule has 4 heteroatoms. The van der Waals surface area contributed by atoms with Crippen LogP contribution in [0.5, 0.6) is 0 Å². The second-order valence-electron chi connectivity index (χ2n) is 9.58. The molecule has 25 heavy (non-hydrogen) atoms. The lowest BCUT2D eigenvalue weighted by Crippen LogP contribution is -2.61. The molecule has 6 atom stereocenters. The maximum Gasteiger partial charge on any atom is 0.207 e. The van der Waals surface area contributed by atoms with E-state index in [1.54, 1.807) is 0 Å². The molecule has 1 saturated heterocycles. The Morgan fingerprint density at radius 3 is 2.52 bits per heavy atom. The molecule has 0 spiro atoms. The number of hydrogen-bond donors (Lipinski definition) is 1. The summed E-state index contributed by atoms with van der Waals surface area (Å²) in [5.41, 5.74) is 0.944. The minimum absolute atomic E-state index is 0.0746. The van der Waals surface area contributed by atoms with Crippen molar-refractivity contribution in [3.8, 4) is 0 Å². The van der Waals surface area contributed by atoms with Gasteiger partial charge in [0.05, 0.1) is 16.6 Å². The molecule has 1 N–H and O–H groups in total. The minimum Gasteiger partial charge on any atom is -0.368 e. The Balaban J connectivity index is 1.92. The van der Waals surface area contributed by atoms with E-state index in [1.807, 2.05) is 0 Å². The summed E-state index contributed by atoms with van der Waals surface area (Å²) in [7, 11) is 0. The standard InChI is InChI=1S/C21H34ClNO2/c1-14-6-7-16-15(12-14)17(8-10-20(16,4)23-13-24)21(5)11-9-18(22)19(2,3)25-21/h12-13,15-18H,6-11H2,1-5H3,(H,23,24)/t15-,16+,17-,18+,20-,21?/m1/s1. The summed E-state index contributed by atoms with van der Waals surface area (Å²) in [5, 5.41) is 3.24. The predicted molar refractivity (Wildman–Crippen MR) is 103 cm³/mol. The van der Waals surface area contributed by atoms with Gasteiger partial charge in [-0.2, -0.15) is 0 Å². The molecular weight excluding hydrogens is 334 g/mol. The van der Waals surface area contributed by atoms with E-state index in [4.69, 9.17) is 16.3 Å². The molecule has 0 radical (unpaired) electrons. The van der Waals surface area contributed by atoms with Crippen molar-refractivity contribution >= 4 is 18.0 Å². The molecule has 142 valence electrons. The van der Waals surface area contributed by atoms with Gasteiger partial charge in [-0.1, -0.05) is 11.6 Å². The summed E-state index contributed by atoms with van der Waals surface area (Å²) in [6, 6.07) is 0. The highest BCUT2D eigenvalue weighted by atomic mass is 35.5. The highest BCUT2D eigenvalue weighted by molar-refractivity contribution is 6.21. The quantitative estimate of drug-likeness (QED) is 0.440. The number of amides is 1. The lowest BCUT2D eigenvalue weighted by atomic mass is 9.55. The van der Waals surface area contributed by atoms with Crippen LogP contribution in [-0.2, 0) is 9.53 Å². The van der Waals surface area contributed by atoms with Crippen LogP contribution >= 0.6 is 11.6 Å². The zero-order valence-corrected chi connectivity index (χ0v) is 17.2. The molecule has 2 fully saturated rings. The molecule has 1 saturated carbocycles. The van der Waals surface area contributed by atoms with Crippen molar-refractivity contribution in [2.24, 2.45) is 17.8 Å². The molecule has 1 amide bonds. The van der Waals surface area contributed by atoms with E-state index in [1.165, 1.54) is 5.57 Å². The Morgan fingerprint density at radius 2 is 1.88 bits per heavy atom. The van der Waals surface area contributed by atoms with Crippen molar-refractivity contribution in [1.82, 2.24) is 5.32 Å². The SMILES string of the molecule is CC1=C[C@H]2[C@H](C3(C)CC[C@H](Cl)C(C)(C)O3)CC[C@@](C)(NC=O)[C@H]2CC1. The second-order valence-corrected chi connectivity index (χ2v) is 10.1. The number of halogens is 1. The first-order valence-electron chi connectivity index (χ1n) is 9.84. The molecule has 3 nitrogen and oxygen atoms in total. The third-order valence-corrected chi connectivity index (χ3v) is 8.11. The van der Waals surface area contributed by atoms with Crippen LogP contribution in [0.25, 0.3) is 0 Å². The van der Waals surface area contributed by atoms with Gasteiger partial charge in [-0.05, 0) is 90.9 Å². The number of rotatable bonds is 3. The zero-order valence-electron chi connectivity index (χ0n) is 16.4. The second kappa shape index (κ2) is 6.56. The molecule has 1 heterocycles. The van der Waals surface area contributed by atoms with Crippen molar-refractivity contribution in [3.05, 3.63) is 11.6 Å². The van der Waals surface area contributed by atoms with Crippen LogP contribution in [0.15, 0.2) is 11.6 Å². The van der Waals surface area contributed by atoms with Gasteiger partial charge in [0.25, 0.3) is 0 Å². The van der Waals surface area contributed by atoms with E-state index >= 15 is 0 Å². The normalized spacial score (nSPS) is 46.7. The van der Waals surface area contributed by atoms with Gasteiger partial charge < -0.3 is 10.1 Å². The number of carbonyl (C=O) groups is 1. The molecule has 1 unspecified atom stereocenters. The van der Waals surface area contributed by atoms with Gasteiger partial charge in [0, 0.05) is 5.54 Å². The van der Waals surface area contributed by atoms with E-state index < -0.39 is 0 Å². The van der Waals surface area contributed by atoms with E-state index in [-0.39, 0.29) is 22.1 Å². The maximum absolute atomic E-state index is 11.2. The molecular formula is C21H34ClNO2. The smallest absolute Gasteiger partial charge is 0.207 e. The molecule has 0 aromatic heterocycles. The Labute approximate surface area is 157 Å². The average Bonchev–Trinajstić information content (AvgIpc) is 2.51. The molecule has 3 rings (SSSR count). The van der Waals surface area contributed by atoms with Crippen molar-refractivity contribution in [2.45, 2.75) is 95.3 Å². The number of ether oxygens (including phenoxy) is 1. The molecule has 2 aliphatic carbocycles. The van der Waals surface area contributed by atoms with Crippen LogP contribution < -0.4 is 5.32 Å². The lowest BCUT2D eigenvalue weighted by Gasteiger charge is -2.58. The first kappa shape index (κ1) is 19.2. The van der Waals surface area contributed by atoms with Gasteiger partial charge in [0.15, 0.2) is 0 Å². The number of nitrogens with one attached hydrogen (secondary N) is 1.